The van der Waals surface area contributed by atoms with E-state index in [1.807, 2.05) is 11.9 Å². The van der Waals surface area contributed by atoms with Gasteiger partial charge in [0.15, 0.2) is 0 Å². The zero-order chi connectivity index (χ0) is 16.1. The maximum absolute atomic E-state index is 12.0. The van der Waals surface area contributed by atoms with Crippen molar-refractivity contribution >= 4 is 5.91 Å². The quantitative estimate of drug-likeness (QED) is 0.341. The molecule has 1 amide bonds. The summed E-state index contributed by atoms with van der Waals surface area (Å²) in [4.78, 5) is 13.8. The Kier molecular flexibility index (Phi) is 11.3. The number of likely N-dealkylation sites (N-methyl/N-ethyl adjacent to an activating group) is 2. The van der Waals surface area contributed by atoms with Gasteiger partial charge in [-0.05, 0) is 19.3 Å². The highest BCUT2D eigenvalue weighted by molar-refractivity contribution is 5.75. The molecule has 0 aliphatic carbocycles. The van der Waals surface area contributed by atoms with Crippen molar-refractivity contribution in [3.63, 3.8) is 0 Å². The first-order chi connectivity index (χ1) is 9.93. The van der Waals surface area contributed by atoms with Crippen molar-refractivity contribution in [1.82, 2.24) is 4.90 Å². The van der Waals surface area contributed by atoms with Crippen molar-refractivity contribution in [3.05, 3.63) is 12.2 Å². The second kappa shape index (κ2) is 11.8. The molecule has 0 rings (SSSR count). The molecule has 0 spiro atoms. The molecule has 124 valence electrons. The number of aliphatic hydroxyl groups is 1. The van der Waals surface area contributed by atoms with Crippen molar-refractivity contribution in [3.8, 4) is 0 Å². The lowest BCUT2D eigenvalue weighted by Gasteiger charge is -2.31. The molecule has 0 bridgehead atoms. The smallest absolute Gasteiger partial charge is 0.222 e. The molecule has 0 aromatic heterocycles. The second-order valence-corrected chi connectivity index (χ2v) is 6.43. The molecule has 21 heavy (non-hydrogen) atoms. The number of carbonyl (C=O) groups is 1. The number of unbranched alkanes of at least 4 members (excludes halogenated alkanes) is 3. The van der Waals surface area contributed by atoms with E-state index in [4.69, 9.17) is 5.11 Å². The minimum atomic E-state index is 0.188. The van der Waals surface area contributed by atoms with Gasteiger partial charge >= 0.3 is 0 Å². The summed E-state index contributed by atoms with van der Waals surface area (Å²) < 4.78 is 0.742. The topological polar surface area (TPSA) is 40.5 Å². The van der Waals surface area contributed by atoms with Crippen LogP contribution < -0.4 is 0 Å². The number of hydrogen-bond acceptors (Lipinski definition) is 2. The van der Waals surface area contributed by atoms with Gasteiger partial charge < -0.3 is 14.5 Å². The Hall–Kier alpha value is -0.870. The molecule has 0 aliphatic rings. The average Bonchev–Trinajstić information content (AvgIpc) is 2.43. The molecular formula is C17H35N2O2+. The number of carbonyl (C=O) groups excluding carboxylic acids is 1. The Balaban J connectivity index is 3.80. The fourth-order valence-electron chi connectivity index (χ4n) is 2.07. The SMILES string of the molecule is CCCCC/C=C/CCC(=O)N(C)CC[N+](C)(C)CCO. The number of hydrogen-bond donors (Lipinski definition) is 1. The van der Waals surface area contributed by atoms with Crippen molar-refractivity contribution in [2.75, 3.05) is 47.4 Å². The van der Waals surface area contributed by atoms with Gasteiger partial charge in [-0.25, -0.2) is 0 Å². The minimum Gasteiger partial charge on any atom is -0.391 e. The first kappa shape index (κ1) is 20.1. The van der Waals surface area contributed by atoms with Crippen LogP contribution in [0.5, 0.6) is 0 Å². The third-order valence-corrected chi connectivity index (χ3v) is 3.84. The van der Waals surface area contributed by atoms with Crippen LogP contribution in [0.15, 0.2) is 12.2 Å². The highest BCUT2D eigenvalue weighted by Gasteiger charge is 2.16. The van der Waals surface area contributed by atoms with Crippen LogP contribution >= 0.6 is 0 Å². The highest BCUT2D eigenvalue weighted by Crippen LogP contribution is 2.03. The molecule has 0 fully saturated rings. The van der Waals surface area contributed by atoms with E-state index in [1.54, 1.807) is 0 Å². The van der Waals surface area contributed by atoms with Crippen molar-refractivity contribution in [1.29, 1.82) is 0 Å². The lowest BCUT2D eigenvalue weighted by Crippen LogP contribution is -2.47. The van der Waals surface area contributed by atoms with Crippen LogP contribution in [0.25, 0.3) is 0 Å². The molecule has 0 atom stereocenters. The maximum atomic E-state index is 12.0. The Morgan fingerprint density at radius 1 is 1.14 bits per heavy atom. The van der Waals surface area contributed by atoms with Crippen LogP contribution in [0.1, 0.15) is 45.4 Å². The lowest BCUT2D eigenvalue weighted by atomic mass is 10.2. The van der Waals surface area contributed by atoms with Gasteiger partial charge in [-0.2, -0.15) is 0 Å². The number of allylic oxidation sites excluding steroid dienone is 2. The van der Waals surface area contributed by atoms with E-state index in [0.29, 0.717) is 6.42 Å². The second-order valence-electron chi connectivity index (χ2n) is 6.43. The van der Waals surface area contributed by atoms with E-state index in [0.717, 1.165) is 37.0 Å². The predicted molar refractivity (Wildman–Crippen MR) is 89.1 cm³/mol. The van der Waals surface area contributed by atoms with Crippen LogP contribution in [-0.2, 0) is 4.79 Å². The van der Waals surface area contributed by atoms with Crippen LogP contribution in [0.4, 0.5) is 0 Å². The molecule has 0 saturated carbocycles. The fraction of sp³-hybridized carbons (Fsp3) is 0.824. The van der Waals surface area contributed by atoms with E-state index < -0.39 is 0 Å². The van der Waals surface area contributed by atoms with Crippen LogP contribution in [0.2, 0.25) is 0 Å². The Morgan fingerprint density at radius 3 is 2.43 bits per heavy atom. The minimum absolute atomic E-state index is 0.188. The maximum Gasteiger partial charge on any atom is 0.222 e. The number of amides is 1. The predicted octanol–water partition coefficient (Wildman–Crippen LogP) is 2.43. The Labute approximate surface area is 131 Å². The largest absolute Gasteiger partial charge is 0.391 e. The zero-order valence-electron chi connectivity index (χ0n) is 14.5. The first-order valence-corrected chi connectivity index (χ1v) is 8.24. The third-order valence-electron chi connectivity index (χ3n) is 3.84. The van der Waals surface area contributed by atoms with Crippen molar-refractivity contribution in [2.24, 2.45) is 0 Å². The van der Waals surface area contributed by atoms with Crippen LogP contribution in [-0.4, -0.2) is 67.8 Å². The summed E-state index contributed by atoms with van der Waals surface area (Å²) in [7, 11) is 6.02. The van der Waals surface area contributed by atoms with E-state index >= 15 is 0 Å². The van der Waals surface area contributed by atoms with Gasteiger partial charge in [-0.15, -0.1) is 0 Å². The van der Waals surface area contributed by atoms with Gasteiger partial charge in [0, 0.05) is 13.5 Å². The van der Waals surface area contributed by atoms with Gasteiger partial charge in [-0.1, -0.05) is 31.9 Å². The molecule has 0 aliphatic heterocycles. The number of quaternary nitrogens is 1. The van der Waals surface area contributed by atoms with E-state index in [2.05, 4.69) is 33.2 Å². The molecule has 4 heteroatoms. The van der Waals surface area contributed by atoms with Crippen molar-refractivity contribution in [2.45, 2.75) is 45.4 Å². The van der Waals surface area contributed by atoms with Gasteiger partial charge in [0.05, 0.1) is 33.8 Å². The number of nitrogens with zero attached hydrogens (tertiary/aromatic N) is 2. The summed E-state index contributed by atoms with van der Waals surface area (Å²) in [6.07, 6.45) is 10.7. The normalized spacial score (nSPS) is 12.0. The Morgan fingerprint density at radius 2 is 1.81 bits per heavy atom. The van der Waals surface area contributed by atoms with E-state index in [9.17, 15) is 4.79 Å². The van der Waals surface area contributed by atoms with E-state index in [1.165, 1.54) is 19.3 Å². The molecule has 0 saturated heterocycles. The molecule has 4 nitrogen and oxygen atoms in total. The first-order valence-electron chi connectivity index (χ1n) is 8.24. The van der Waals surface area contributed by atoms with Crippen LogP contribution in [0, 0.1) is 0 Å². The summed E-state index contributed by atoms with van der Waals surface area (Å²) in [6, 6.07) is 0. The van der Waals surface area contributed by atoms with Crippen molar-refractivity contribution < 1.29 is 14.4 Å². The monoisotopic (exact) mass is 299 g/mol. The average molecular weight is 299 g/mol. The summed E-state index contributed by atoms with van der Waals surface area (Å²) >= 11 is 0. The van der Waals surface area contributed by atoms with Gasteiger partial charge in [0.25, 0.3) is 0 Å². The van der Waals surface area contributed by atoms with E-state index in [-0.39, 0.29) is 12.5 Å². The summed E-state index contributed by atoms with van der Waals surface area (Å²) in [5.74, 6) is 0.206. The zero-order valence-corrected chi connectivity index (χ0v) is 14.5. The Bertz CT molecular complexity index is 301. The summed E-state index contributed by atoms with van der Waals surface area (Å²) in [5, 5.41) is 8.99. The summed E-state index contributed by atoms with van der Waals surface area (Å²) in [5.41, 5.74) is 0. The third kappa shape index (κ3) is 11.5. The van der Waals surface area contributed by atoms with Gasteiger partial charge in [0.1, 0.15) is 6.54 Å². The lowest BCUT2D eigenvalue weighted by molar-refractivity contribution is -0.890. The highest BCUT2D eigenvalue weighted by atomic mass is 16.3. The van der Waals surface area contributed by atoms with Gasteiger partial charge in [0.2, 0.25) is 5.91 Å². The molecule has 0 aromatic rings. The standard InChI is InChI=1S/C17H35N2O2/c1-5-6-7-8-9-10-11-12-17(21)18(2)13-14-19(3,4)15-16-20/h9-10,20H,5-8,11-16H2,1-4H3/q+1/b10-9+. The summed E-state index contributed by atoms with van der Waals surface area (Å²) in [6.45, 7) is 4.73. The molecular weight excluding hydrogens is 264 g/mol. The molecule has 0 unspecified atom stereocenters. The van der Waals surface area contributed by atoms with Crippen LogP contribution in [0.3, 0.4) is 0 Å². The number of aliphatic hydroxyl groups excluding tert-OH is 1. The molecule has 0 aromatic carbocycles. The molecule has 1 N–H and O–H groups in total. The number of rotatable bonds is 12. The molecule has 0 heterocycles. The van der Waals surface area contributed by atoms with Gasteiger partial charge in [-0.3, -0.25) is 4.79 Å². The molecule has 0 radical (unpaired) electrons. The fourth-order valence-corrected chi connectivity index (χ4v) is 2.07.